The Labute approximate surface area is 95.0 Å². The second-order valence-corrected chi connectivity index (χ2v) is 3.88. The van der Waals surface area contributed by atoms with Gasteiger partial charge in [0.15, 0.2) is 11.5 Å². The Morgan fingerprint density at radius 1 is 1.41 bits per heavy atom. The molecule has 0 unspecified atom stereocenters. The first-order valence-corrected chi connectivity index (χ1v) is 5.14. The van der Waals surface area contributed by atoms with Crippen LogP contribution in [0.15, 0.2) is 6.20 Å². The van der Waals surface area contributed by atoms with Crippen molar-refractivity contribution in [1.29, 1.82) is 0 Å². The Kier molecular flexibility index (Phi) is 2.10. The van der Waals surface area contributed by atoms with Gasteiger partial charge >= 0.3 is 5.97 Å². The number of carbonyl (C=O) groups is 1. The average molecular weight is 235 g/mol. The minimum atomic E-state index is -1.10. The van der Waals surface area contributed by atoms with Crippen LogP contribution in [0.1, 0.15) is 35.2 Å². The zero-order valence-electron chi connectivity index (χ0n) is 8.76. The molecule has 1 aliphatic carbocycles. The van der Waals surface area contributed by atoms with Crippen molar-refractivity contribution in [2.75, 3.05) is 0 Å². The molecular weight excluding hydrogens is 226 g/mol. The number of aromatic nitrogens is 7. The molecule has 1 fully saturated rings. The zero-order valence-corrected chi connectivity index (χ0v) is 8.76. The van der Waals surface area contributed by atoms with Gasteiger partial charge < -0.3 is 5.11 Å². The summed E-state index contributed by atoms with van der Waals surface area (Å²) in [7, 11) is 0. The van der Waals surface area contributed by atoms with Crippen molar-refractivity contribution in [2.45, 2.75) is 25.4 Å². The quantitative estimate of drug-likeness (QED) is 0.748. The smallest absolute Gasteiger partial charge is 0.358 e. The van der Waals surface area contributed by atoms with E-state index in [-0.39, 0.29) is 5.69 Å². The molecule has 88 valence electrons. The van der Waals surface area contributed by atoms with E-state index in [0.29, 0.717) is 18.4 Å². The minimum Gasteiger partial charge on any atom is -0.476 e. The number of carboxylic acids is 1. The van der Waals surface area contributed by atoms with E-state index >= 15 is 0 Å². The lowest BCUT2D eigenvalue weighted by molar-refractivity contribution is 0.0690. The number of hydrogen-bond acceptors (Lipinski definition) is 6. The molecule has 9 nitrogen and oxygen atoms in total. The van der Waals surface area contributed by atoms with E-state index in [1.165, 1.54) is 10.9 Å². The molecule has 0 spiro atoms. The molecule has 1 N–H and O–H groups in total. The lowest BCUT2D eigenvalue weighted by atomic mass is 10.5. The molecule has 0 atom stereocenters. The average Bonchev–Trinajstić information content (AvgIpc) is 2.86. The Morgan fingerprint density at radius 3 is 2.88 bits per heavy atom. The van der Waals surface area contributed by atoms with Gasteiger partial charge in [-0.2, -0.15) is 0 Å². The fraction of sp³-hybridized carbons (Fsp3) is 0.500. The molecule has 0 saturated heterocycles. The largest absolute Gasteiger partial charge is 0.476 e. The van der Waals surface area contributed by atoms with Crippen LogP contribution in [0.5, 0.6) is 0 Å². The van der Waals surface area contributed by atoms with E-state index in [1.807, 2.05) is 0 Å². The third-order valence-corrected chi connectivity index (χ3v) is 2.51. The van der Waals surface area contributed by atoms with Crippen molar-refractivity contribution in [1.82, 2.24) is 35.2 Å². The molecule has 17 heavy (non-hydrogen) atoms. The van der Waals surface area contributed by atoms with Crippen LogP contribution in [0.2, 0.25) is 0 Å². The normalized spacial score (nSPS) is 15.1. The molecular formula is C8H9N7O2. The lowest BCUT2D eigenvalue weighted by Crippen LogP contribution is -2.09. The second-order valence-electron chi connectivity index (χ2n) is 3.88. The summed E-state index contributed by atoms with van der Waals surface area (Å²) in [5.41, 5.74) is -0.0875. The van der Waals surface area contributed by atoms with Gasteiger partial charge in [0.2, 0.25) is 0 Å². The summed E-state index contributed by atoms with van der Waals surface area (Å²) in [5.74, 6) is -0.438. The van der Waals surface area contributed by atoms with Crippen LogP contribution in [0.4, 0.5) is 0 Å². The van der Waals surface area contributed by atoms with E-state index in [2.05, 4.69) is 25.8 Å². The summed E-state index contributed by atoms with van der Waals surface area (Å²) in [6.07, 6.45) is 3.51. The number of aromatic carboxylic acids is 1. The van der Waals surface area contributed by atoms with E-state index in [4.69, 9.17) is 5.11 Å². The fourth-order valence-electron chi connectivity index (χ4n) is 1.54. The molecule has 0 aromatic carbocycles. The summed E-state index contributed by atoms with van der Waals surface area (Å²) in [6.45, 7) is 0.323. The molecule has 9 heteroatoms. The Morgan fingerprint density at radius 2 is 2.24 bits per heavy atom. The van der Waals surface area contributed by atoms with Crippen LogP contribution < -0.4 is 0 Å². The Balaban J connectivity index is 1.81. The first-order valence-electron chi connectivity index (χ1n) is 5.14. The maximum absolute atomic E-state index is 10.6. The summed E-state index contributed by atoms with van der Waals surface area (Å²) in [6, 6.07) is 0.377. The number of hydrogen-bond donors (Lipinski definition) is 1. The van der Waals surface area contributed by atoms with Gasteiger partial charge in [0.1, 0.15) is 6.54 Å². The summed E-state index contributed by atoms with van der Waals surface area (Å²) in [5, 5.41) is 27.3. The third-order valence-electron chi connectivity index (χ3n) is 2.51. The molecule has 3 rings (SSSR count). The van der Waals surface area contributed by atoms with Crippen molar-refractivity contribution in [3.63, 3.8) is 0 Å². The van der Waals surface area contributed by atoms with Crippen LogP contribution >= 0.6 is 0 Å². The van der Waals surface area contributed by atoms with E-state index in [0.717, 1.165) is 12.8 Å². The molecule has 2 aromatic heterocycles. The van der Waals surface area contributed by atoms with Crippen molar-refractivity contribution in [3.05, 3.63) is 17.7 Å². The Bertz CT molecular complexity index is 556. The van der Waals surface area contributed by atoms with Gasteiger partial charge in [-0.05, 0) is 23.3 Å². The monoisotopic (exact) mass is 235 g/mol. The van der Waals surface area contributed by atoms with Crippen molar-refractivity contribution in [3.8, 4) is 0 Å². The standard InChI is InChI=1S/C8H9N7O2/c16-8(17)6-3-14(12-9-6)4-7-10-11-13-15(7)5-1-2-5/h3,5H,1-2,4H2,(H,16,17). The second kappa shape index (κ2) is 3.61. The molecule has 0 amide bonds. The van der Waals surface area contributed by atoms with Crippen LogP contribution in [0.3, 0.4) is 0 Å². The molecule has 2 heterocycles. The number of rotatable bonds is 4. The van der Waals surface area contributed by atoms with Gasteiger partial charge in [-0.1, -0.05) is 5.21 Å². The van der Waals surface area contributed by atoms with Gasteiger partial charge in [0.05, 0.1) is 12.2 Å². The van der Waals surface area contributed by atoms with Gasteiger partial charge in [-0.3, -0.25) is 0 Å². The maximum Gasteiger partial charge on any atom is 0.358 e. The van der Waals surface area contributed by atoms with Gasteiger partial charge in [-0.25, -0.2) is 14.2 Å². The summed E-state index contributed by atoms with van der Waals surface area (Å²) >= 11 is 0. The highest BCUT2D eigenvalue weighted by atomic mass is 16.4. The van der Waals surface area contributed by atoms with Crippen LogP contribution in [-0.2, 0) is 6.54 Å². The van der Waals surface area contributed by atoms with E-state index in [9.17, 15) is 4.79 Å². The van der Waals surface area contributed by atoms with Crippen molar-refractivity contribution < 1.29 is 9.90 Å². The predicted octanol–water partition coefficient (Wildman–Crippen LogP) is -0.654. The zero-order chi connectivity index (χ0) is 11.8. The highest BCUT2D eigenvalue weighted by Crippen LogP contribution is 2.34. The highest BCUT2D eigenvalue weighted by molar-refractivity contribution is 5.84. The number of carboxylic acid groups (broad SMARTS) is 1. The molecule has 0 aliphatic heterocycles. The predicted molar refractivity (Wildman–Crippen MR) is 52.2 cm³/mol. The lowest BCUT2D eigenvalue weighted by Gasteiger charge is -2.01. The molecule has 2 aromatic rings. The minimum absolute atomic E-state index is 0.0875. The van der Waals surface area contributed by atoms with Crippen LogP contribution in [-0.4, -0.2) is 46.3 Å². The van der Waals surface area contributed by atoms with Gasteiger partial charge in [0.25, 0.3) is 0 Å². The summed E-state index contributed by atoms with van der Waals surface area (Å²) in [4.78, 5) is 10.6. The van der Waals surface area contributed by atoms with Gasteiger partial charge in [0, 0.05) is 0 Å². The number of tetrazole rings is 1. The highest BCUT2D eigenvalue weighted by Gasteiger charge is 2.27. The number of nitrogens with zero attached hydrogens (tertiary/aromatic N) is 7. The molecule has 1 saturated carbocycles. The SMILES string of the molecule is O=C(O)c1cn(Cc2nnnn2C2CC2)nn1. The fourth-order valence-corrected chi connectivity index (χ4v) is 1.54. The van der Waals surface area contributed by atoms with E-state index in [1.54, 1.807) is 4.68 Å². The topological polar surface area (TPSA) is 112 Å². The third kappa shape index (κ3) is 1.86. The van der Waals surface area contributed by atoms with Gasteiger partial charge in [-0.15, -0.1) is 10.2 Å². The van der Waals surface area contributed by atoms with Crippen molar-refractivity contribution >= 4 is 5.97 Å². The first-order chi connectivity index (χ1) is 8.24. The molecule has 0 radical (unpaired) electrons. The molecule has 0 bridgehead atoms. The Hall–Kier alpha value is -2.32. The maximum atomic E-state index is 10.6. The first kappa shape index (κ1) is 9.87. The summed E-state index contributed by atoms with van der Waals surface area (Å²) < 4.78 is 3.16. The molecule has 1 aliphatic rings. The van der Waals surface area contributed by atoms with Crippen LogP contribution in [0, 0.1) is 0 Å². The van der Waals surface area contributed by atoms with Crippen LogP contribution in [0.25, 0.3) is 0 Å². The van der Waals surface area contributed by atoms with E-state index < -0.39 is 5.97 Å². The van der Waals surface area contributed by atoms with Crippen molar-refractivity contribution in [2.24, 2.45) is 0 Å².